The second-order valence-corrected chi connectivity index (χ2v) is 7.36. The first kappa shape index (κ1) is 18.1. The zero-order chi connectivity index (χ0) is 18.7. The first-order valence-electron chi connectivity index (χ1n) is 7.30. The van der Waals surface area contributed by atoms with Crippen molar-refractivity contribution in [1.29, 1.82) is 0 Å². The lowest BCUT2D eigenvalue weighted by Gasteiger charge is -2.10. The van der Waals surface area contributed by atoms with E-state index >= 15 is 0 Å². The van der Waals surface area contributed by atoms with E-state index in [1.165, 1.54) is 48.7 Å². The molecule has 0 radical (unpaired) electrons. The molecule has 0 saturated carbocycles. The van der Waals surface area contributed by atoms with Crippen molar-refractivity contribution in [2.24, 2.45) is 0 Å². The van der Waals surface area contributed by atoms with Gasteiger partial charge in [0.05, 0.1) is 22.5 Å². The van der Waals surface area contributed by atoms with E-state index in [0.29, 0.717) is 10.7 Å². The predicted octanol–water partition coefficient (Wildman–Crippen LogP) is 4.56. The van der Waals surface area contributed by atoms with Crippen molar-refractivity contribution in [3.8, 4) is 0 Å². The summed E-state index contributed by atoms with van der Waals surface area (Å²) < 4.78 is 53.4. The Morgan fingerprint density at radius 2 is 1.69 bits per heavy atom. The third-order valence-corrected chi connectivity index (χ3v) is 4.96. The van der Waals surface area contributed by atoms with E-state index in [-0.39, 0.29) is 16.4 Å². The lowest BCUT2D eigenvalue weighted by molar-refractivity contribution is 0.586. The number of benzene rings is 2. The van der Waals surface area contributed by atoms with Crippen molar-refractivity contribution in [2.45, 2.75) is 4.90 Å². The van der Waals surface area contributed by atoms with Gasteiger partial charge in [-0.1, -0.05) is 11.6 Å². The van der Waals surface area contributed by atoms with Gasteiger partial charge in [-0.2, -0.15) is 0 Å². The molecule has 26 heavy (non-hydrogen) atoms. The Kier molecular flexibility index (Phi) is 5.06. The van der Waals surface area contributed by atoms with Crippen LogP contribution in [0.4, 0.5) is 26.0 Å². The van der Waals surface area contributed by atoms with Crippen molar-refractivity contribution in [1.82, 2.24) is 4.98 Å². The highest BCUT2D eigenvalue weighted by atomic mass is 35.5. The second kappa shape index (κ2) is 7.27. The number of halogens is 3. The number of hydrogen-bond donors (Lipinski definition) is 2. The standard InChI is InChI=1S/C17H12ClF2N3O2S/c18-11-1-5-14(6-2-11)26(24,25)23-17-8-4-13(10-21-17)22-16-7-3-12(19)9-15(16)20/h1-10,22H,(H,21,23). The van der Waals surface area contributed by atoms with Gasteiger partial charge in [0.2, 0.25) is 0 Å². The largest absolute Gasteiger partial charge is 0.352 e. The van der Waals surface area contributed by atoms with Crippen molar-refractivity contribution in [3.05, 3.63) is 77.5 Å². The molecule has 0 unspecified atom stereocenters. The zero-order valence-electron chi connectivity index (χ0n) is 13.1. The number of pyridine rings is 1. The van der Waals surface area contributed by atoms with E-state index in [0.717, 1.165) is 12.1 Å². The van der Waals surface area contributed by atoms with Crippen LogP contribution in [0, 0.1) is 11.6 Å². The van der Waals surface area contributed by atoms with Gasteiger partial charge in [-0.15, -0.1) is 0 Å². The number of aromatic nitrogens is 1. The molecule has 0 aliphatic heterocycles. The van der Waals surface area contributed by atoms with E-state index in [1.807, 2.05) is 0 Å². The van der Waals surface area contributed by atoms with Crippen molar-refractivity contribution in [2.75, 3.05) is 10.0 Å². The normalized spacial score (nSPS) is 11.2. The third kappa shape index (κ3) is 4.27. The molecule has 0 atom stereocenters. The van der Waals surface area contributed by atoms with Crippen LogP contribution in [-0.4, -0.2) is 13.4 Å². The molecule has 5 nitrogen and oxygen atoms in total. The molecule has 3 aromatic rings. The molecule has 0 amide bonds. The highest BCUT2D eigenvalue weighted by molar-refractivity contribution is 7.92. The first-order valence-corrected chi connectivity index (χ1v) is 9.16. The number of rotatable bonds is 5. The molecule has 0 aliphatic rings. The second-order valence-electron chi connectivity index (χ2n) is 5.24. The fourth-order valence-corrected chi connectivity index (χ4v) is 3.22. The van der Waals surface area contributed by atoms with Gasteiger partial charge in [0.1, 0.15) is 17.5 Å². The van der Waals surface area contributed by atoms with Crippen LogP contribution in [0.3, 0.4) is 0 Å². The van der Waals surface area contributed by atoms with Crippen LogP contribution in [0.5, 0.6) is 0 Å². The van der Waals surface area contributed by atoms with Crippen LogP contribution in [-0.2, 0) is 10.0 Å². The molecule has 9 heteroatoms. The van der Waals surface area contributed by atoms with Crippen LogP contribution in [0.2, 0.25) is 5.02 Å². The minimum absolute atomic E-state index is 0.0410. The Balaban J connectivity index is 1.74. The van der Waals surface area contributed by atoms with Gasteiger partial charge in [-0.05, 0) is 48.5 Å². The van der Waals surface area contributed by atoms with Gasteiger partial charge in [0.15, 0.2) is 0 Å². The van der Waals surface area contributed by atoms with Gasteiger partial charge in [-0.25, -0.2) is 22.2 Å². The number of nitrogens with zero attached hydrogens (tertiary/aromatic N) is 1. The minimum Gasteiger partial charge on any atom is -0.352 e. The zero-order valence-corrected chi connectivity index (χ0v) is 14.7. The summed E-state index contributed by atoms with van der Waals surface area (Å²) in [6, 6.07) is 11.7. The van der Waals surface area contributed by atoms with Gasteiger partial charge < -0.3 is 5.32 Å². The quantitative estimate of drug-likeness (QED) is 0.664. The molecule has 0 aliphatic carbocycles. The van der Waals surface area contributed by atoms with Crippen molar-refractivity contribution < 1.29 is 17.2 Å². The molecule has 2 N–H and O–H groups in total. The SMILES string of the molecule is O=S(=O)(Nc1ccc(Nc2ccc(F)cc2F)cn1)c1ccc(Cl)cc1. The average molecular weight is 396 g/mol. The van der Waals surface area contributed by atoms with Crippen molar-refractivity contribution in [3.63, 3.8) is 0 Å². The highest BCUT2D eigenvalue weighted by Gasteiger charge is 2.14. The average Bonchev–Trinajstić information content (AvgIpc) is 2.59. The Bertz CT molecular complexity index is 1030. The van der Waals surface area contributed by atoms with Crippen molar-refractivity contribution >= 4 is 38.8 Å². The predicted molar refractivity (Wildman–Crippen MR) is 96.1 cm³/mol. The maximum Gasteiger partial charge on any atom is 0.263 e. The van der Waals surface area contributed by atoms with E-state index in [1.54, 1.807) is 0 Å². The molecule has 0 bridgehead atoms. The molecular formula is C17H12ClF2N3O2S. The summed E-state index contributed by atoms with van der Waals surface area (Å²) >= 11 is 5.74. The Morgan fingerprint density at radius 1 is 0.962 bits per heavy atom. The van der Waals surface area contributed by atoms with Gasteiger partial charge in [-0.3, -0.25) is 4.72 Å². The molecule has 1 aromatic heterocycles. The number of anilines is 3. The van der Waals surface area contributed by atoms with Gasteiger partial charge in [0, 0.05) is 11.1 Å². The summed E-state index contributed by atoms with van der Waals surface area (Å²) in [5.41, 5.74) is 0.479. The summed E-state index contributed by atoms with van der Waals surface area (Å²) in [5, 5.41) is 3.15. The van der Waals surface area contributed by atoms with Crippen LogP contribution >= 0.6 is 11.6 Å². The molecular weight excluding hydrogens is 384 g/mol. The molecule has 3 rings (SSSR count). The van der Waals surface area contributed by atoms with Crippen LogP contribution in [0.1, 0.15) is 0 Å². The summed E-state index contributed by atoms with van der Waals surface area (Å²) in [4.78, 5) is 4.02. The number of nitrogens with one attached hydrogen (secondary N) is 2. The molecule has 2 aromatic carbocycles. The molecule has 1 heterocycles. The lowest BCUT2D eigenvalue weighted by atomic mass is 10.3. The Morgan fingerprint density at radius 3 is 2.31 bits per heavy atom. The minimum atomic E-state index is -3.81. The van der Waals surface area contributed by atoms with Crippen LogP contribution in [0.25, 0.3) is 0 Å². The summed E-state index contributed by atoms with van der Waals surface area (Å²) in [7, 11) is -3.81. The van der Waals surface area contributed by atoms with Gasteiger partial charge in [0.25, 0.3) is 10.0 Å². The fourth-order valence-electron chi connectivity index (χ4n) is 2.08. The number of hydrogen-bond acceptors (Lipinski definition) is 4. The topological polar surface area (TPSA) is 71.1 Å². The summed E-state index contributed by atoms with van der Waals surface area (Å²) in [6.45, 7) is 0. The Labute approximate surface area is 153 Å². The Hall–Kier alpha value is -2.71. The fraction of sp³-hybridized carbons (Fsp3) is 0. The van der Waals surface area contributed by atoms with E-state index < -0.39 is 21.7 Å². The smallest absolute Gasteiger partial charge is 0.263 e. The maximum atomic E-state index is 13.6. The van der Waals surface area contributed by atoms with E-state index in [2.05, 4.69) is 15.0 Å². The third-order valence-electron chi connectivity index (χ3n) is 3.34. The molecule has 0 saturated heterocycles. The molecule has 134 valence electrons. The number of sulfonamides is 1. The van der Waals surface area contributed by atoms with E-state index in [9.17, 15) is 17.2 Å². The highest BCUT2D eigenvalue weighted by Crippen LogP contribution is 2.22. The molecule has 0 fully saturated rings. The van der Waals surface area contributed by atoms with E-state index in [4.69, 9.17) is 11.6 Å². The summed E-state index contributed by atoms with van der Waals surface area (Å²) in [5.74, 6) is -1.35. The lowest BCUT2D eigenvalue weighted by Crippen LogP contribution is -2.13. The molecule has 0 spiro atoms. The summed E-state index contributed by atoms with van der Waals surface area (Å²) in [6.07, 6.45) is 1.32. The maximum absolute atomic E-state index is 13.6. The first-order chi connectivity index (χ1) is 12.3. The van der Waals surface area contributed by atoms with Crippen LogP contribution < -0.4 is 10.0 Å². The van der Waals surface area contributed by atoms with Gasteiger partial charge >= 0.3 is 0 Å². The van der Waals surface area contributed by atoms with Crippen LogP contribution in [0.15, 0.2) is 65.7 Å². The monoisotopic (exact) mass is 395 g/mol.